The maximum absolute atomic E-state index is 12.7. The summed E-state index contributed by atoms with van der Waals surface area (Å²) < 4.78 is 29.0. The molecule has 2 heterocycles. The lowest BCUT2D eigenvalue weighted by Gasteiger charge is -2.24. The first-order valence-electron chi connectivity index (χ1n) is 13.7. The Morgan fingerprint density at radius 1 is 0.951 bits per heavy atom. The topological polar surface area (TPSA) is 142 Å². The van der Waals surface area contributed by atoms with Gasteiger partial charge in [0.15, 0.2) is 11.6 Å². The molecule has 3 aliphatic rings. The van der Waals surface area contributed by atoms with E-state index in [2.05, 4.69) is 10.6 Å². The summed E-state index contributed by atoms with van der Waals surface area (Å²) in [6.45, 7) is 7.54. The van der Waals surface area contributed by atoms with Crippen LogP contribution in [0.2, 0.25) is 0 Å². The van der Waals surface area contributed by atoms with Crippen molar-refractivity contribution in [3.05, 3.63) is 59.7 Å². The molecule has 0 aromatic heterocycles. The largest absolute Gasteiger partial charge is 0.480 e. The third-order valence-corrected chi connectivity index (χ3v) is 7.44. The van der Waals surface area contributed by atoms with E-state index in [-0.39, 0.29) is 19.1 Å². The van der Waals surface area contributed by atoms with Gasteiger partial charge in [-0.3, -0.25) is 4.79 Å². The predicted octanol–water partition coefficient (Wildman–Crippen LogP) is 3.16. The first kappa shape index (κ1) is 29.0. The molecular weight excluding hydrogens is 532 g/mol. The Labute approximate surface area is 238 Å². The van der Waals surface area contributed by atoms with Crippen LogP contribution in [0.4, 0.5) is 4.79 Å². The number of amides is 2. The third kappa shape index (κ3) is 6.54. The zero-order chi connectivity index (χ0) is 29.4. The fourth-order valence-electron chi connectivity index (χ4n) is 5.67. The van der Waals surface area contributed by atoms with Crippen molar-refractivity contribution in [2.45, 2.75) is 76.0 Å². The van der Waals surface area contributed by atoms with E-state index in [0.29, 0.717) is 6.61 Å². The van der Waals surface area contributed by atoms with Crippen LogP contribution in [-0.2, 0) is 33.3 Å². The van der Waals surface area contributed by atoms with Crippen LogP contribution in [0.1, 0.15) is 51.2 Å². The zero-order valence-corrected chi connectivity index (χ0v) is 23.5. The van der Waals surface area contributed by atoms with E-state index in [4.69, 9.17) is 23.7 Å². The molecule has 2 aliphatic heterocycles. The van der Waals surface area contributed by atoms with Crippen LogP contribution in [0.3, 0.4) is 0 Å². The van der Waals surface area contributed by atoms with E-state index in [9.17, 15) is 19.5 Å². The maximum atomic E-state index is 12.7. The minimum absolute atomic E-state index is 0.0261. The quantitative estimate of drug-likeness (QED) is 0.416. The van der Waals surface area contributed by atoms with E-state index in [1.54, 1.807) is 27.7 Å². The zero-order valence-electron chi connectivity index (χ0n) is 23.5. The molecule has 0 radical (unpaired) electrons. The molecule has 0 spiro atoms. The number of alkyl carbamates (subject to hydrolysis) is 1. The van der Waals surface area contributed by atoms with Crippen LogP contribution in [0.5, 0.6) is 0 Å². The van der Waals surface area contributed by atoms with Crippen molar-refractivity contribution in [2.75, 3.05) is 19.8 Å². The highest BCUT2D eigenvalue weighted by Crippen LogP contribution is 2.44. The van der Waals surface area contributed by atoms with Crippen LogP contribution in [0.25, 0.3) is 11.1 Å². The Balaban J connectivity index is 1.14. The Bertz CT molecular complexity index is 1260. The number of carbonyl (C=O) groups is 3. The van der Waals surface area contributed by atoms with E-state index >= 15 is 0 Å². The summed E-state index contributed by atoms with van der Waals surface area (Å²) in [5, 5.41) is 14.7. The number of hydrogen-bond acceptors (Lipinski definition) is 8. The molecular formula is C30H36N2O9. The highest BCUT2D eigenvalue weighted by Gasteiger charge is 2.49. The summed E-state index contributed by atoms with van der Waals surface area (Å²) in [5.41, 5.74) is 4.23. The summed E-state index contributed by atoms with van der Waals surface area (Å²) in [7, 11) is 0. The van der Waals surface area contributed by atoms with E-state index in [1.165, 1.54) is 0 Å². The number of carboxylic acids is 1. The number of fused-ring (bicyclic) bond motifs is 3. The van der Waals surface area contributed by atoms with Crippen molar-refractivity contribution in [2.24, 2.45) is 0 Å². The van der Waals surface area contributed by atoms with E-state index < -0.39 is 60.3 Å². The molecule has 11 nitrogen and oxygen atoms in total. The van der Waals surface area contributed by atoms with Crippen molar-refractivity contribution < 1.29 is 43.2 Å². The van der Waals surface area contributed by atoms with Crippen molar-refractivity contribution in [1.82, 2.24) is 10.6 Å². The van der Waals surface area contributed by atoms with Crippen molar-refractivity contribution in [3.63, 3.8) is 0 Å². The average Bonchev–Trinajstić information content (AvgIpc) is 3.55. The van der Waals surface area contributed by atoms with Crippen molar-refractivity contribution in [3.8, 4) is 11.1 Å². The molecule has 0 saturated carbocycles. The summed E-state index contributed by atoms with van der Waals surface area (Å²) >= 11 is 0. The number of hydrogen-bond donors (Lipinski definition) is 3. The molecule has 0 bridgehead atoms. The second-order valence-corrected chi connectivity index (χ2v) is 11.4. The summed E-state index contributed by atoms with van der Waals surface area (Å²) in [6, 6.07) is 14.3. The van der Waals surface area contributed by atoms with Crippen LogP contribution < -0.4 is 10.6 Å². The van der Waals surface area contributed by atoms with Crippen molar-refractivity contribution >= 4 is 18.0 Å². The minimum Gasteiger partial charge on any atom is -0.480 e. The average molecular weight is 569 g/mol. The second-order valence-electron chi connectivity index (χ2n) is 11.4. The molecule has 2 amide bonds. The number of carboxylic acid groups (broad SMARTS) is 1. The van der Waals surface area contributed by atoms with Gasteiger partial charge in [-0.15, -0.1) is 0 Å². The first-order chi connectivity index (χ1) is 19.4. The molecule has 1 aliphatic carbocycles. The van der Waals surface area contributed by atoms with Crippen LogP contribution >= 0.6 is 0 Å². The number of benzene rings is 2. The van der Waals surface area contributed by atoms with Crippen molar-refractivity contribution in [1.29, 1.82) is 0 Å². The van der Waals surface area contributed by atoms with Gasteiger partial charge in [-0.05, 0) is 49.9 Å². The van der Waals surface area contributed by atoms with Gasteiger partial charge in [-0.1, -0.05) is 48.5 Å². The molecule has 4 atom stereocenters. The maximum Gasteiger partial charge on any atom is 0.407 e. The molecule has 3 N–H and O–H groups in total. The number of carbonyl (C=O) groups excluding carboxylic acids is 2. The molecule has 2 aromatic rings. The van der Waals surface area contributed by atoms with Gasteiger partial charge in [-0.2, -0.15) is 0 Å². The first-order valence-corrected chi connectivity index (χ1v) is 13.7. The summed E-state index contributed by atoms with van der Waals surface area (Å²) in [6.07, 6.45) is -2.84. The van der Waals surface area contributed by atoms with Gasteiger partial charge >= 0.3 is 12.1 Å². The van der Waals surface area contributed by atoms with Crippen LogP contribution in [0.15, 0.2) is 48.5 Å². The predicted molar refractivity (Wildman–Crippen MR) is 146 cm³/mol. The number of ether oxygens (including phenoxy) is 5. The smallest absolute Gasteiger partial charge is 0.407 e. The van der Waals surface area contributed by atoms with Gasteiger partial charge in [0.2, 0.25) is 5.91 Å². The summed E-state index contributed by atoms with van der Waals surface area (Å²) in [5.74, 6) is -3.76. The number of nitrogens with one attached hydrogen (secondary N) is 2. The molecule has 11 heteroatoms. The lowest BCUT2D eigenvalue weighted by atomic mass is 9.98. The van der Waals surface area contributed by atoms with Gasteiger partial charge < -0.3 is 39.4 Å². The second kappa shape index (κ2) is 11.4. The third-order valence-electron chi connectivity index (χ3n) is 7.44. The van der Waals surface area contributed by atoms with Gasteiger partial charge in [0, 0.05) is 12.5 Å². The fraction of sp³-hybridized carbons (Fsp3) is 0.500. The SMILES string of the molecule is CC1(C)OCC(C2OC(C)(C)OC2CNC(=O)CC(NC(=O)OCC2c3ccccc3-c3ccccc32)C(=O)O)O1. The van der Waals surface area contributed by atoms with Gasteiger partial charge in [-0.25, -0.2) is 9.59 Å². The van der Waals surface area contributed by atoms with Gasteiger partial charge in [0.25, 0.3) is 0 Å². The molecule has 2 saturated heterocycles. The van der Waals surface area contributed by atoms with Gasteiger partial charge in [0.1, 0.15) is 31.0 Å². The van der Waals surface area contributed by atoms with Crippen LogP contribution in [-0.4, -0.2) is 78.8 Å². The number of rotatable bonds is 9. The minimum atomic E-state index is -1.48. The Morgan fingerprint density at radius 3 is 2.17 bits per heavy atom. The summed E-state index contributed by atoms with van der Waals surface area (Å²) in [4.78, 5) is 37.2. The fourth-order valence-corrected chi connectivity index (χ4v) is 5.67. The molecule has 41 heavy (non-hydrogen) atoms. The number of aliphatic carboxylic acids is 1. The Kier molecular flexibility index (Phi) is 8.06. The normalized spacial score (nSPS) is 24.7. The lowest BCUT2D eigenvalue weighted by molar-refractivity contribution is -0.174. The Hall–Kier alpha value is -3.51. The van der Waals surface area contributed by atoms with E-state index in [0.717, 1.165) is 22.3 Å². The molecule has 2 aromatic carbocycles. The monoisotopic (exact) mass is 568 g/mol. The van der Waals surface area contributed by atoms with Crippen LogP contribution in [0, 0.1) is 0 Å². The standard InChI is InChI=1S/C30H36N2O9/c1-29(2)38-16-24(40-29)26-23(39-30(3,4)41-26)14-31-25(33)13-22(27(34)35)32-28(36)37-15-21-19-11-7-5-9-17(19)18-10-6-8-12-20(18)21/h5-12,21-24,26H,13-16H2,1-4H3,(H,31,33)(H,32,36)(H,34,35). The lowest BCUT2D eigenvalue weighted by Crippen LogP contribution is -2.47. The van der Waals surface area contributed by atoms with Gasteiger partial charge in [0.05, 0.1) is 13.0 Å². The molecule has 2 fully saturated rings. The highest BCUT2D eigenvalue weighted by atomic mass is 16.8. The molecule has 220 valence electrons. The highest BCUT2D eigenvalue weighted by molar-refractivity contribution is 5.87. The Morgan fingerprint density at radius 2 is 1.59 bits per heavy atom. The molecule has 5 rings (SSSR count). The molecule has 4 unspecified atom stereocenters. The van der Waals surface area contributed by atoms with E-state index in [1.807, 2.05) is 48.5 Å².